The van der Waals surface area contributed by atoms with Crippen molar-refractivity contribution in [3.63, 3.8) is 0 Å². The SMILES string of the molecule is COCC(O)CCNc1nc(C(=O)O)ccc1[N+](=O)[O-]. The van der Waals surface area contributed by atoms with Crippen LogP contribution in [-0.4, -0.2) is 52.5 Å². The number of methoxy groups -OCH3 is 1. The van der Waals surface area contributed by atoms with Gasteiger partial charge in [-0.3, -0.25) is 10.1 Å². The summed E-state index contributed by atoms with van der Waals surface area (Å²) in [5.74, 6) is -1.41. The van der Waals surface area contributed by atoms with Gasteiger partial charge in [0.15, 0.2) is 5.69 Å². The molecule has 0 spiro atoms. The predicted molar refractivity (Wildman–Crippen MR) is 68.8 cm³/mol. The Bertz CT molecular complexity index is 493. The highest BCUT2D eigenvalue weighted by atomic mass is 16.6. The minimum atomic E-state index is -1.28. The molecule has 3 N–H and O–H groups in total. The smallest absolute Gasteiger partial charge is 0.354 e. The number of hydrogen-bond donors (Lipinski definition) is 3. The van der Waals surface area contributed by atoms with Gasteiger partial charge in [0, 0.05) is 19.7 Å². The van der Waals surface area contributed by atoms with E-state index in [0.717, 1.165) is 12.1 Å². The molecule has 1 rings (SSSR count). The molecule has 0 aliphatic rings. The van der Waals surface area contributed by atoms with Crippen LogP contribution in [0.2, 0.25) is 0 Å². The third-order valence-corrected chi connectivity index (χ3v) is 2.42. The molecule has 0 saturated carbocycles. The van der Waals surface area contributed by atoms with Crippen molar-refractivity contribution >= 4 is 17.5 Å². The maximum atomic E-state index is 10.8. The van der Waals surface area contributed by atoms with Crippen molar-refractivity contribution < 1.29 is 24.7 Å². The van der Waals surface area contributed by atoms with E-state index in [1.807, 2.05) is 0 Å². The summed E-state index contributed by atoms with van der Waals surface area (Å²) in [5.41, 5.74) is -0.619. The predicted octanol–water partition coefficient (Wildman–Crippen LogP) is 0.497. The molecule has 0 bridgehead atoms. The molecule has 0 fully saturated rings. The highest BCUT2D eigenvalue weighted by molar-refractivity contribution is 5.86. The minimum Gasteiger partial charge on any atom is -0.477 e. The number of anilines is 1. The van der Waals surface area contributed by atoms with Crippen LogP contribution >= 0.6 is 0 Å². The Hall–Kier alpha value is -2.26. The maximum absolute atomic E-state index is 10.8. The van der Waals surface area contributed by atoms with Gasteiger partial charge in [0.1, 0.15) is 0 Å². The first-order chi connectivity index (χ1) is 9.45. The van der Waals surface area contributed by atoms with Crippen molar-refractivity contribution in [1.29, 1.82) is 0 Å². The standard InChI is InChI=1S/C11H15N3O6/c1-20-6-7(15)4-5-12-10-9(14(18)19)3-2-8(13-10)11(16)17/h2-3,7,15H,4-6H2,1H3,(H,12,13)(H,16,17). The van der Waals surface area contributed by atoms with Crippen molar-refractivity contribution in [3.8, 4) is 0 Å². The molecule has 9 heteroatoms. The number of carboxylic acids is 1. The second kappa shape index (κ2) is 7.36. The summed E-state index contributed by atoms with van der Waals surface area (Å²) in [4.78, 5) is 24.6. The lowest BCUT2D eigenvalue weighted by Crippen LogP contribution is -2.19. The number of aliphatic hydroxyl groups excluding tert-OH is 1. The first kappa shape index (κ1) is 15.8. The average molecular weight is 285 g/mol. The lowest BCUT2D eigenvalue weighted by atomic mass is 10.2. The van der Waals surface area contributed by atoms with Gasteiger partial charge in [-0.15, -0.1) is 0 Å². The molecule has 0 saturated heterocycles. The first-order valence-corrected chi connectivity index (χ1v) is 5.75. The second-order valence-electron chi connectivity index (χ2n) is 3.95. The number of aliphatic hydroxyl groups is 1. The van der Waals surface area contributed by atoms with Gasteiger partial charge in [-0.25, -0.2) is 9.78 Å². The molecule has 20 heavy (non-hydrogen) atoms. The molecule has 0 amide bonds. The van der Waals surface area contributed by atoms with Crippen LogP contribution in [0.4, 0.5) is 11.5 Å². The van der Waals surface area contributed by atoms with Gasteiger partial charge in [0.05, 0.1) is 17.6 Å². The zero-order valence-corrected chi connectivity index (χ0v) is 10.8. The Morgan fingerprint density at radius 1 is 1.60 bits per heavy atom. The average Bonchev–Trinajstić information content (AvgIpc) is 2.38. The van der Waals surface area contributed by atoms with E-state index in [4.69, 9.17) is 9.84 Å². The van der Waals surface area contributed by atoms with E-state index in [1.54, 1.807) is 0 Å². The van der Waals surface area contributed by atoms with Gasteiger partial charge in [-0.1, -0.05) is 0 Å². The molecule has 0 aromatic carbocycles. The highest BCUT2D eigenvalue weighted by Gasteiger charge is 2.18. The van der Waals surface area contributed by atoms with Gasteiger partial charge in [-0.05, 0) is 12.5 Å². The minimum absolute atomic E-state index is 0.139. The quantitative estimate of drug-likeness (QED) is 0.464. The summed E-state index contributed by atoms with van der Waals surface area (Å²) in [6.45, 7) is 0.341. The van der Waals surface area contributed by atoms with E-state index in [1.165, 1.54) is 7.11 Å². The van der Waals surface area contributed by atoms with Gasteiger partial charge in [0.2, 0.25) is 5.82 Å². The number of aromatic nitrogens is 1. The fourth-order valence-electron chi connectivity index (χ4n) is 1.48. The number of ether oxygens (including phenoxy) is 1. The van der Waals surface area contributed by atoms with Crippen LogP contribution in [0.15, 0.2) is 12.1 Å². The van der Waals surface area contributed by atoms with Gasteiger partial charge in [-0.2, -0.15) is 0 Å². The highest BCUT2D eigenvalue weighted by Crippen LogP contribution is 2.22. The van der Waals surface area contributed by atoms with E-state index >= 15 is 0 Å². The number of pyridine rings is 1. The Balaban J connectivity index is 2.77. The van der Waals surface area contributed by atoms with E-state index in [0.29, 0.717) is 0 Å². The van der Waals surface area contributed by atoms with Crippen molar-refractivity contribution in [2.45, 2.75) is 12.5 Å². The molecular formula is C11H15N3O6. The van der Waals surface area contributed by atoms with Crippen LogP contribution in [0.1, 0.15) is 16.9 Å². The summed E-state index contributed by atoms with van der Waals surface area (Å²) < 4.78 is 4.74. The Kier molecular flexibility index (Phi) is 5.81. The van der Waals surface area contributed by atoms with Crippen LogP contribution in [0.3, 0.4) is 0 Å². The number of nitrogens with one attached hydrogen (secondary N) is 1. The summed E-state index contributed by atoms with van der Waals surface area (Å²) >= 11 is 0. The van der Waals surface area contributed by atoms with E-state index in [2.05, 4.69) is 10.3 Å². The molecule has 1 aromatic rings. The van der Waals surface area contributed by atoms with E-state index < -0.39 is 17.0 Å². The fraction of sp³-hybridized carbons (Fsp3) is 0.455. The maximum Gasteiger partial charge on any atom is 0.354 e. The monoisotopic (exact) mass is 285 g/mol. The Labute approximate surface area is 114 Å². The molecule has 1 atom stereocenters. The summed E-state index contributed by atoms with van der Waals surface area (Å²) in [6, 6.07) is 2.13. The van der Waals surface area contributed by atoms with Crippen molar-refractivity contribution in [1.82, 2.24) is 4.98 Å². The number of nitro groups is 1. The number of carbonyl (C=O) groups is 1. The van der Waals surface area contributed by atoms with Crippen LogP contribution < -0.4 is 5.32 Å². The Morgan fingerprint density at radius 2 is 2.30 bits per heavy atom. The molecular weight excluding hydrogens is 270 g/mol. The zero-order chi connectivity index (χ0) is 15.1. The Morgan fingerprint density at radius 3 is 2.85 bits per heavy atom. The topological polar surface area (TPSA) is 135 Å². The second-order valence-corrected chi connectivity index (χ2v) is 3.95. The van der Waals surface area contributed by atoms with E-state index in [9.17, 15) is 20.0 Å². The summed E-state index contributed by atoms with van der Waals surface area (Å²) in [5, 5.41) is 31.7. The van der Waals surface area contributed by atoms with E-state index in [-0.39, 0.29) is 36.8 Å². The van der Waals surface area contributed by atoms with Crippen LogP contribution in [0, 0.1) is 10.1 Å². The third-order valence-electron chi connectivity index (χ3n) is 2.42. The van der Waals surface area contributed by atoms with Gasteiger partial charge >= 0.3 is 11.7 Å². The molecule has 9 nitrogen and oxygen atoms in total. The number of hydrogen-bond acceptors (Lipinski definition) is 7. The van der Waals surface area contributed by atoms with Gasteiger partial charge in [0.25, 0.3) is 0 Å². The molecule has 0 aliphatic carbocycles. The van der Waals surface area contributed by atoms with Crippen LogP contribution in [-0.2, 0) is 4.74 Å². The molecule has 1 heterocycles. The molecule has 0 radical (unpaired) electrons. The third kappa shape index (κ3) is 4.44. The normalized spacial score (nSPS) is 11.9. The van der Waals surface area contributed by atoms with Crippen molar-refractivity contribution in [2.24, 2.45) is 0 Å². The zero-order valence-electron chi connectivity index (χ0n) is 10.8. The van der Waals surface area contributed by atoms with Crippen LogP contribution in [0.5, 0.6) is 0 Å². The first-order valence-electron chi connectivity index (χ1n) is 5.75. The largest absolute Gasteiger partial charge is 0.477 e. The van der Waals surface area contributed by atoms with Crippen LogP contribution in [0.25, 0.3) is 0 Å². The van der Waals surface area contributed by atoms with Crippen molar-refractivity contribution in [2.75, 3.05) is 25.6 Å². The fourth-order valence-corrected chi connectivity index (χ4v) is 1.48. The lowest BCUT2D eigenvalue weighted by Gasteiger charge is -2.10. The van der Waals surface area contributed by atoms with Gasteiger partial charge < -0.3 is 20.3 Å². The molecule has 1 unspecified atom stereocenters. The number of aromatic carboxylic acids is 1. The van der Waals surface area contributed by atoms with Crippen molar-refractivity contribution in [3.05, 3.63) is 27.9 Å². The molecule has 110 valence electrons. The number of carboxylic acid groups (broad SMARTS) is 1. The molecule has 0 aliphatic heterocycles. The summed E-state index contributed by atoms with van der Waals surface area (Å²) in [6.07, 6.45) is -0.432. The molecule has 1 aromatic heterocycles. The number of nitrogens with zero attached hydrogens (tertiary/aromatic N) is 2. The lowest BCUT2D eigenvalue weighted by molar-refractivity contribution is -0.384. The summed E-state index contributed by atoms with van der Waals surface area (Å²) in [7, 11) is 1.44. The number of rotatable bonds is 8.